The smallest absolute Gasteiger partial charge is 0.308 e. The zero-order valence-electron chi connectivity index (χ0n) is 9.68. The van der Waals surface area contributed by atoms with Crippen LogP contribution in [0, 0.1) is 5.92 Å². The number of carbonyl (C=O) groups is 1. The number of aliphatic carboxylic acids is 1. The molecule has 1 heterocycles. The quantitative estimate of drug-likeness (QED) is 0.876. The van der Waals surface area contributed by atoms with E-state index in [4.69, 9.17) is 5.11 Å². The minimum absolute atomic E-state index is 0.145. The molecule has 4 nitrogen and oxygen atoms in total. The average Bonchev–Trinajstić information content (AvgIpc) is 2.69. The van der Waals surface area contributed by atoms with Crippen LogP contribution in [0.2, 0.25) is 0 Å². The molecular formula is C12H14N2O2S. The van der Waals surface area contributed by atoms with Crippen LogP contribution >= 0.6 is 11.3 Å². The molecule has 2 rings (SSSR count). The fourth-order valence-corrected chi connectivity index (χ4v) is 2.43. The van der Waals surface area contributed by atoms with Crippen molar-refractivity contribution in [2.24, 2.45) is 5.92 Å². The number of hydrogen-bond acceptors (Lipinski definition) is 4. The molecule has 0 aliphatic heterocycles. The summed E-state index contributed by atoms with van der Waals surface area (Å²) >= 11 is 1.54. The second kappa shape index (κ2) is 4.71. The second-order valence-corrected chi connectivity index (χ2v) is 5.08. The van der Waals surface area contributed by atoms with Crippen molar-refractivity contribution in [2.45, 2.75) is 19.9 Å². The predicted molar refractivity (Wildman–Crippen MR) is 69.5 cm³/mol. The molecule has 2 aromatic rings. The maximum atomic E-state index is 10.8. The number of nitrogens with zero attached hydrogens (tertiary/aromatic N) is 1. The third kappa shape index (κ3) is 2.55. The van der Waals surface area contributed by atoms with Gasteiger partial charge < -0.3 is 10.4 Å². The fourth-order valence-electron chi connectivity index (χ4n) is 1.47. The number of nitrogens with one attached hydrogen (secondary N) is 1. The van der Waals surface area contributed by atoms with E-state index in [2.05, 4.69) is 10.3 Å². The largest absolute Gasteiger partial charge is 0.481 e. The Kier molecular flexibility index (Phi) is 3.28. The van der Waals surface area contributed by atoms with Crippen molar-refractivity contribution in [1.29, 1.82) is 0 Å². The van der Waals surface area contributed by atoms with Crippen LogP contribution in [0.4, 0.5) is 5.13 Å². The molecule has 17 heavy (non-hydrogen) atoms. The Morgan fingerprint density at radius 3 is 2.76 bits per heavy atom. The van der Waals surface area contributed by atoms with Crippen LogP contribution in [0.1, 0.15) is 13.8 Å². The van der Waals surface area contributed by atoms with Crippen molar-refractivity contribution in [3.8, 4) is 0 Å². The first-order chi connectivity index (χ1) is 8.08. The molecule has 0 amide bonds. The van der Waals surface area contributed by atoms with Crippen molar-refractivity contribution < 1.29 is 9.90 Å². The number of carboxylic acid groups (broad SMARTS) is 1. The van der Waals surface area contributed by atoms with Crippen LogP contribution < -0.4 is 5.32 Å². The van der Waals surface area contributed by atoms with E-state index in [0.29, 0.717) is 0 Å². The molecule has 1 aromatic heterocycles. The van der Waals surface area contributed by atoms with Crippen LogP contribution in [-0.2, 0) is 4.79 Å². The molecule has 1 aromatic carbocycles. The van der Waals surface area contributed by atoms with E-state index in [-0.39, 0.29) is 6.04 Å². The van der Waals surface area contributed by atoms with E-state index in [9.17, 15) is 4.79 Å². The van der Waals surface area contributed by atoms with E-state index >= 15 is 0 Å². The van der Waals surface area contributed by atoms with E-state index in [1.807, 2.05) is 31.2 Å². The first-order valence-electron chi connectivity index (χ1n) is 5.43. The molecule has 0 aliphatic carbocycles. The fraction of sp³-hybridized carbons (Fsp3) is 0.333. The van der Waals surface area contributed by atoms with Gasteiger partial charge in [-0.15, -0.1) is 0 Å². The van der Waals surface area contributed by atoms with Crippen LogP contribution in [0.15, 0.2) is 24.3 Å². The molecule has 5 heteroatoms. The topological polar surface area (TPSA) is 62.2 Å². The lowest BCUT2D eigenvalue weighted by Crippen LogP contribution is -2.29. The Balaban J connectivity index is 2.15. The van der Waals surface area contributed by atoms with E-state index < -0.39 is 11.9 Å². The molecule has 0 fully saturated rings. The summed E-state index contributed by atoms with van der Waals surface area (Å²) in [5, 5.41) is 12.8. The lowest BCUT2D eigenvalue weighted by atomic mass is 10.1. The highest BCUT2D eigenvalue weighted by atomic mass is 32.1. The van der Waals surface area contributed by atoms with Gasteiger partial charge in [0.15, 0.2) is 5.13 Å². The van der Waals surface area contributed by atoms with Gasteiger partial charge in [-0.3, -0.25) is 4.79 Å². The third-order valence-corrected chi connectivity index (χ3v) is 3.75. The lowest BCUT2D eigenvalue weighted by molar-refractivity contribution is -0.141. The predicted octanol–water partition coefficient (Wildman–Crippen LogP) is 2.82. The highest BCUT2D eigenvalue weighted by molar-refractivity contribution is 7.22. The molecule has 2 unspecified atom stereocenters. The summed E-state index contributed by atoms with van der Waals surface area (Å²) in [6, 6.07) is 7.71. The van der Waals surface area contributed by atoms with Gasteiger partial charge >= 0.3 is 5.97 Å². The third-order valence-electron chi connectivity index (χ3n) is 2.78. The van der Waals surface area contributed by atoms with Gasteiger partial charge in [0.1, 0.15) is 0 Å². The molecule has 90 valence electrons. The summed E-state index contributed by atoms with van der Waals surface area (Å²) in [5.74, 6) is -1.24. The highest BCUT2D eigenvalue weighted by Crippen LogP contribution is 2.26. The molecule has 0 spiro atoms. The zero-order chi connectivity index (χ0) is 12.4. The van der Waals surface area contributed by atoms with Gasteiger partial charge in [-0.25, -0.2) is 4.98 Å². The van der Waals surface area contributed by atoms with Crippen molar-refractivity contribution in [2.75, 3.05) is 5.32 Å². The summed E-state index contributed by atoms with van der Waals surface area (Å²) in [5.41, 5.74) is 0.940. The van der Waals surface area contributed by atoms with Crippen molar-refractivity contribution in [3.63, 3.8) is 0 Å². The summed E-state index contributed by atoms with van der Waals surface area (Å²) in [7, 11) is 0. The number of hydrogen-bond donors (Lipinski definition) is 2. The van der Waals surface area contributed by atoms with Crippen molar-refractivity contribution >= 4 is 32.7 Å². The Hall–Kier alpha value is -1.62. The molecule has 0 bridgehead atoms. The first-order valence-corrected chi connectivity index (χ1v) is 6.24. The molecule has 2 N–H and O–H groups in total. The molecule has 2 atom stereocenters. The number of para-hydroxylation sites is 1. The van der Waals surface area contributed by atoms with Gasteiger partial charge in [0.05, 0.1) is 16.1 Å². The van der Waals surface area contributed by atoms with Gasteiger partial charge in [0, 0.05) is 6.04 Å². The van der Waals surface area contributed by atoms with Gasteiger partial charge in [0.25, 0.3) is 0 Å². The van der Waals surface area contributed by atoms with Gasteiger partial charge in [-0.2, -0.15) is 0 Å². The molecule has 0 aliphatic rings. The highest BCUT2D eigenvalue weighted by Gasteiger charge is 2.20. The second-order valence-electron chi connectivity index (χ2n) is 4.05. The minimum Gasteiger partial charge on any atom is -0.481 e. The standard InChI is InChI=1S/C12H14N2O2S/c1-7(11(15)16)8(2)13-12-14-9-5-3-4-6-10(9)17-12/h3-8H,1-2H3,(H,13,14)(H,15,16). The lowest BCUT2D eigenvalue weighted by Gasteiger charge is -2.16. The number of carboxylic acids is 1. The SMILES string of the molecule is CC(Nc1nc2ccccc2s1)C(C)C(=O)O. The summed E-state index contributed by atoms with van der Waals surface area (Å²) in [6.45, 7) is 3.54. The van der Waals surface area contributed by atoms with Gasteiger partial charge in [-0.1, -0.05) is 23.5 Å². The number of fused-ring (bicyclic) bond motifs is 1. The summed E-state index contributed by atoms with van der Waals surface area (Å²) in [4.78, 5) is 15.3. The number of thiazole rings is 1. The normalized spacial score (nSPS) is 14.5. The Labute approximate surface area is 103 Å². The maximum absolute atomic E-state index is 10.8. The van der Waals surface area contributed by atoms with Crippen LogP contribution in [-0.4, -0.2) is 22.1 Å². The first kappa shape index (κ1) is 11.9. The molecule has 0 radical (unpaired) electrons. The summed E-state index contributed by atoms with van der Waals surface area (Å²) < 4.78 is 1.10. The summed E-state index contributed by atoms with van der Waals surface area (Å²) in [6.07, 6.45) is 0. The van der Waals surface area contributed by atoms with Crippen LogP contribution in [0.25, 0.3) is 10.2 Å². The molecule has 0 saturated heterocycles. The van der Waals surface area contributed by atoms with Crippen LogP contribution in [0.5, 0.6) is 0 Å². The van der Waals surface area contributed by atoms with E-state index in [1.54, 1.807) is 6.92 Å². The zero-order valence-corrected chi connectivity index (χ0v) is 10.5. The number of rotatable bonds is 4. The van der Waals surface area contributed by atoms with Crippen molar-refractivity contribution in [3.05, 3.63) is 24.3 Å². The minimum atomic E-state index is -0.800. The molecule has 0 saturated carbocycles. The Morgan fingerprint density at radius 1 is 1.41 bits per heavy atom. The van der Waals surface area contributed by atoms with Gasteiger partial charge in [0.2, 0.25) is 0 Å². The van der Waals surface area contributed by atoms with Crippen LogP contribution in [0.3, 0.4) is 0 Å². The maximum Gasteiger partial charge on any atom is 0.308 e. The molecular weight excluding hydrogens is 236 g/mol. The number of aromatic nitrogens is 1. The Morgan fingerprint density at radius 2 is 2.12 bits per heavy atom. The van der Waals surface area contributed by atoms with E-state index in [1.165, 1.54) is 11.3 Å². The monoisotopic (exact) mass is 250 g/mol. The van der Waals surface area contributed by atoms with Gasteiger partial charge in [-0.05, 0) is 26.0 Å². The number of anilines is 1. The average molecular weight is 250 g/mol. The Bertz CT molecular complexity index is 505. The van der Waals surface area contributed by atoms with Crippen molar-refractivity contribution in [1.82, 2.24) is 4.98 Å². The number of benzene rings is 1. The van der Waals surface area contributed by atoms with E-state index in [0.717, 1.165) is 15.3 Å².